The van der Waals surface area contributed by atoms with Crippen molar-refractivity contribution < 1.29 is 0 Å². The summed E-state index contributed by atoms with van der Waals surface area (Å²) >= 11 is 0. The van der Waals surface area contributed by atoms with Crippen LogP contribution >= 0.6 is 0 Å². The highest BCUT2D eigenvalue weighted by atomic mass is 14.7. The van der Waals surface area contributed by atoms with Crippen LogP contribution in [0.25, 0.3) is 0 Å². The fourth-order valence-electron chi connectivity index (χ4n) is 7.51. The summed E-state index contributed by atoms with van der Waals surface area (Å²) in [6, 6.07) is 4.68. The number of hydrogen-bond acceptors (Lipinski definition) is 1. The monoisotopic (exact) mass is 667 g/mol. The number of pyridine rings is 1. The van der Waals surface area contributed by atoms with Crippen LogP contribution in [-0.4, -0.2) is 4.98 Å². The molecular weight excluding hydrogens is 579 g/mol. The average molecular weight is 667 g/mol. The summed E-state index contributed by atoms with van der Waals surface area (Å²) in [6.45, 7) is 6.79. The van der Waals surface area contributed by atoms with Gasteiger partial charge in [0.1, 0.15) is 0 Å². The summed E-state index contributed by atoms with van der Waals surface area (Å²) in [5.74, 6) is 0. The van der Waals surface area contributed by atoms with Crippen molar-refractivity contribution in [2.75, 3.05) is 0 Å². The lowest BCUT2D eigenvalue weighted by Crippen LogP contribution is -1.99. The summed E-state index contributed by atoms with van der Waals surface area (Å²) in [4.78, 5) is 5.09. The third kappa shape index (κ3) is 31.2. The van der Waals surface area contributed by atoms with Gasteiger partial charge in [0.25, 0.3) is 0 Å². The van der Waals surface area contributed by atoms with E-state index in [0.717, 1.165) is 12.8 Å². The Bertz CT molecular complexity index is 695. The topological polar surface area (TPSA) is 12.9 Å². The van der Waals surface area contributed by atoms with E-state index in [1.54, 1.807) is 0 Å². The number of unbranched alkanes of at least 4 members (excludes halogenated alkanes) is 34. The Hall–Kier alpha value is -0.850. The second-order valence-corrected chi connectivity index (χ2v) is 15.7. The standard InChI is InChI=1S/C47H88N/c1-4-7-9-11-13-15-17-19-21-23-25-27-29-31-33-35-37-39-41-46-43-45(6-3)44-47(48-46)42-40-38-36-34-32-30-28-26-24-22-20-18-16-14-12-10-8-5-2/h6,43-44H,4-5,7-42H2,1-3H3. The van der Waals surface area contributed by atoms with Gasteiger partial charge in [0.15, 0.2) is 0 Å². The van der Waals surface area contributed by atoms with Crippen molar-refractivity contribution >= 4 is 0 Å². The lowest BCUT2D eigenvalue weighted by Gasteiger charge is -2.09. The molecule has 1 heteroatoms. The van der Waals surface area contributed by atoms with Crippen molar-refractivity contribution in [1.82, 2.24) is 4.98 Å². The molecule has 0 atom stereocenters. The largest absolute Gasteiger partial charge is 0.258 e. The van der Waals surface area contributed by atoms with Gasteiger partial charge in [0.2, 0.25) is 0 Å². The molecule has 0 N–H and O–H groups in total. The van der Waals surface area contributed by atoms with Crippen molar-refractivity contribution in [3.8, 4) is 0 Å². The van der Waals surface area contributed by atoms with Crippen LogP contribution in [0.5, 0.6) is 0 Å². The zero-order chi connectivity index (χ0) is 34.4. The van der Waals surface area contributed by atoms with Gasteiger partial charge in [-0.05, 0) is 49.8 Å². The Morgan fingerprint density at radius 1 is 0.333 bits per heavy atom. The summed E-state index contributed by atoms with van der Waals surface area (Å²) in [5, 5.41) is 0. The predicted molar refractivity (Wildman–Crippen MR) is 218 cm³/mol. The van der Waals surface area contributed by atoms with Gasteiger partial charge in [-0.15, -0.1) is 0 Å². The first-order valence-corrected chi connectivity index (χ1v) is 22.6. The molecule has 1 radical (unpaired) electrons. The first kappa shape index (κ1) is 45.2. The number of rotatable bonds is 39. The molecule has 0 fully saturated rings. The first-order chi connectivity index (χ1) is 23.8. The predicted octanol–water partition coefficient (Wildman–Crippen LogP) is 16.8. The van der Waals surface area contributed by atoms with Crippen LogP contribution in [-0.2, 0) is 12.8 Å². The SMILES string of the molecule is C[CH]c1cc(CCCCCCCCCCCCCCCCCCCC)nc(CCCCCCCCCCCCCCCCCCCC)c1. The molecule has 0 bridgehead atoms. The molecule has 0 saturated carbocycles. The maximum Gasteiger partial charge on any atom is 0.0409 e. The molecule has 0 saturated heterocycles. The number of hydrogen-bond donors (Lipinski definition) is 0. The van der Waals surface area contributed by atoms with Crippen molar-refractivity contribution in [2.45, 2.75) is 265 Å². The molecule has 1 aromatic heterocycles. The van der Waals surface area contributed by atoms with Gasteiger partial charge in [-0.1, -0.05) is 239 Å². The Kier molecular flexibility index (Phi) is 35.2. The van der Waals surface area contributed by atoms with Crippen molar-refractivity contribution in [3.63, 3.8) is 0 Å². The minimum atomic E-state index is 1.16. The zero-order valence-corrected chi connectivity index (χ0v) is 33.5. The number of aryl methyl sites for hydroxylation is 2. The lowest BCUT2D eigenvalue weighted by atomic mass is 10.0. The molecule has 0 aromatic carbocycles. The molecule has 1 aromatic rings. The van der Waals surface area contributed by atoms with Gasteiger partial charge >= 0.3 is 0 Å². The van der Waals surface area contributed by atoms with Gasteiger partial charge in [-0.25, -0.2) is 0 Å². The smallest absolute Gasteiger partial charge is 0.0409 e. The van der Waals surface area contributed by atoms with E-state index >= 15 is 0 Å². The van der Waals surface area contributed by atoms with E-state index in [9.17, 15) is 0 Å². The van der Waals surface area contributed by atoms with Crippen LogP contribution in [0.15, 0.2) is 12.1 Å². The Labute approximate surface area is 304 Å². The van der Waals surface area contributed by atoms with Crippen molar-refractivity contribution in [2.24, 2.45) is 0 Å². The van der Waals surface area contributed by atoms with Gasteiger partial charge in [-0.3, -0.25) is 4.98 Å². The van der Waals surface area contributed by atoms with E-state index in [-0.39, 0.29) is 0 Å². The second-order valence-electron chi connectivity index (χ2n) is 15.7. The minimum Gasteiger partial charge on any atom is -0.258 e. The Balaban J connectivity index is 1.93. The molecule has 0 unspecified atom stereocenters. The van der Waals surface area contributed by atoms with Crippen LogP contribution in [0.3, 0.4) is 0 Å². The quantitative estimate of drug-likeness (QED) is 0.0637. The van der Waals surface area contributed by atoms with Gasteiger partial charge in [0.05, 0.1) is 0 Å². The zero-order valence-electron chi connectivity index (χ0n) is 33.5. The van der Waals surface area contributed by atoms with E-state index in [0.29, 0.717) is 0 Å². The van der Waals surface area contributed by atoms with Crippen molar-refractivity contribution in [3.05, 3.63) is 35.5 Å². The van der Waals surface area contributed by atoms with Gasteiger partial charge in [-0.2, -0.15) is 0 Å². The van der Waals surface area contributed by atoms with E-state index in [1.807, 2.05) is 0 Å². The summed E-state index contributed by atoms with van der Waals surface area (Å²) in [6.07, 6.45) is 56.4. The summed E-state index contributed by atoms with van der Waals surface area (Å²) in [7, 11) is 0. The highest BCUT2D eigenvalue weighted by Gasteiger charge is 2.04. The third-order valence-electron chi connectivity index (χ3n) is 10.9. The fraction of sp³-hybridized carbons (Fsp3) is 0.872. The Morgan fingerprint density at radius 2 is 0.542 bits per heavy atom. The fourth-order valence-corrected chi connectivity index (χ4v) is 7.51. The molecule has 0 aliphatic rings. The van der Waals surface area contributed by atoms with E-state index in [2.05, 4.69) is 39.3 Å². The normalized spacial score (nSPS) is 11.6. The van der Waals surface area contributed by atoms with Crippen LogP contribution in [0.1, 0.15) is 269 Å². The molecule has 281 valence electrons. The van der Waals surface area contributed by atoms with Crippen molar-refractivity contribution in [1.29, 1.82) is 0 Å². The molecule has 0 amide bonds. The van der Waals surface area contributed by atoms with Crippen LogP contribution < -0.4 is 0 Å². The van der Waals surface area contributed by atoms with Crippen LogP contribution in [0.2, 0.25) is 0 Å². The Morgan fingerprint density at radius 3 is 0.750 bits per heavy atom. The molecule has 0 spiro atoms. The summed E-state index contributed by atoms with van der Waals surface area (Å²) < 4.78 is 0. The molecule has 0 aliphatic carbocycles. The average Bonchev–Trinajstić information content (AvgIpc) is 3.10. The molecule has 1 nitrogen and oxygen atoms in total. The highest BCUT2D eigenvalue weighted by Crippen LogP contribution is 2.18. The highest BCUT2D eigenvalue weighted by molar-refractivity contribution is 5.27. The lowest BCUT2D eigenvalue weighted by molar-refractivity contribution is 0.524. The molecule has 1 rings (SSSR count). The number of nitrogens with zero attached hydrogens (tertiary/aromatic N) is 1. The maximum absolute atomic E-state index is 5.09. The molecule has 0 aliphatic heterocycles. The second kappa shape index (κ2) is 37.4. The van der Waals surface area contributed by atoms with E-state index in [4.69, 9.17) is 4.98 Å². The third-order valence-corrected chi connectivity index (χ3v) is 10.9. The molecule has 1 heterocycles. The van der Waals surface area contributed by atoms with Crippen LogP contribution in [0, 0.1) is 6.42 Å². The number of aromatic nitrogens is 1. The van der Waals surface area contributed by atoms with Crippen LogP contribution in [0.4, 0.5) is 0 Å². The minimum absolute atomic E-state index is 1.16. The molecular formula is C47H88N. The molecule has 48 heavy (non-hydrogen) atoms. The van der Waals surface area contributed by atoms with E-state index in [1.165, 1.54) is 248 Å². The van der Waals surface area contributed by atoms with E-state index < -0.39 is 0 Å². The summed E-state index contributed by atoms with van der Waals surface area (Å²) in [5.41, 5.74) is 4.04. The first-order valence-electron chi connectivity index (χ1n) is 22.6. The van der Waals surface area contributed by atoms with Gasteiger partial charge in [0, 0.05) is 11.4 Å². The maximum atomic E-state index is 5.09. The van der Waals surface area contributed by atoms with Gasteiger partial charge < -0.3 is 0 Å².